The molecular formula is C77H100Cl2N2O18. The molecule has 0 N–H and O–H groups in total. The third-order valence-corrected chi connectivity index (χ3v) is 20.0. The minimum absolute atomic E-state index is 0.0134. The molecule has 0 aromatic heterocycles. The number of alkyl halides is 2. The summed E-state index contributed by atoms with van der Waals surface area (Å²) in [6, 6.07) is 25.1. The van der Waals surface area contributed by atoms with Gasteiger partial charge in [0.25, 0.3) is 11.8 Å². The molecule has 4 aliphatic heterocycles. The first-order chi connectivity index (χ1) is 48.0. The van der Waals surface area contributed by atoms with E-state index >= 15 is 0 Å². The number of esters is 2. The topological polar surface area (TPSA) is 204 Å². The Labute approximate surface area is 592 Å². The number of ether oxygens (including phenoxy) is 14. The predicted octanol–water partition coefficient (Wildman–Crippen LogP) is 13.0. The van der Waals surface area contributed by atoms with Gasteiger partial charge < -0.3 is 76.1 Å². The summed E-state index contributed by atoms with van der Waals surface area (Å²) >= 11 is 13.5. The Kier molecular flexibility index (Phi) is 29.9. The van der Waals surface area contributed by atoms with Crippen LogP contribution in [0, 0.1) is 29.6 Å². The van der Waals surface area contributed by atoms with Gasteiger partial charge in [-0.25, -0.2) is 0 Å². The molecule has 0 unspecified atom stereocenters. The first kappa shape index (κ1) is 76.8. The van der Waals surface area contributed by atoms with Gasteiger partial charge in [0.1, 0.15) is 30.5 Å². The Morgan fingerprint density at radius 3 is 1.59 bits per heavy atom. The van der Waals surface area contributed by atoms with Gasteiger partial charge in [-0.2, -0.15) is 0 Å². The van der Waals surface area contributed by atoms with E-state index in [1.807, 2.05) is 80.6 Å². The second-order valence-corrected chi connectivity index (χ2v) is 26.4. The molecule has 5 aromatic carbocycles. The van der Waals surface area contributed by atoms with Gasteiger partial charge in [0, 0.05) is 109 Å². The first-order valence-electron chi connectivity index (χ1n) is 35.0. The molecule has 2 saturated heterocycles. The Hall–Kier alpha value is -6.40. The van der Waals surface area contributed by atoms with E-state index in [-0.39, 0.29) is 73.2 Å². The van der Waals surface area contributed by atoms with Crippen molar-refractivity contribution >= 4 is 92.0 Å². The molecule has 4 aliphatic rings. The highest BCUT2D eigenvalue weighted by Gasteiger charge is 2.46. The molecule has 2 fully saturated rings. The summed E-state index contributed by atoms with van der Waals surface area (Å²) in [6.07, 6.45) is 5.73. The molecule has 540 valence electrons. The lowest BCUT2D eigenvalue weighted by atomic mass is 9.78. The third kappa shape index (κ3) is 20.2. The Morgan fingerprint density at radius 2 is 1.01 bits per heavy atom. The predicted molar refractivity (Wildman–Crippen MR) is 382 cm³/mol. The second-order valence-electron chi connectivity index (χ2n) is 25.8. The van der Waals surface area contributed by atoms with Crippen molar-refractivity contribution in [2.24, 2.45) is 29.6 Å². The highest BCUT2D eigenvalue weighted by molar-refractivity contribution is 6.20. The average Bonchev–Trinajstić information content (AvgIpc) is 1.64. The first-order valence-corrected chi connectivity index (χ1v) is 36.1. The zero-order chi connectivity index (χ0) is 70.4. The second kappa shape index (κ2) is 38.6. The van der Waals surface area contributed by atoms with E-state index in [9.17, 15) is 19.2 Å². The van der Waals surface area contributed by atoms with E-state index in [0.29, 0.717) is 144 Å². The number of carbonyl (C=O) groups excluding carboxylic acids is 4. The maximum Gasteiger partial charge on any atom is 0.303 e. The number of rotatable bonds is 38. The van der Waals surface area contributed by atoms with Gasteiger partial charge in [-0.15, -0.1) is 23.2 Å². The minimum Gasteiger partial charge on any atom is -0.491 e. The van der Waals surface area contributed by atoms with E-state index < -0.39 is 36.7 Å². The Balaban J connectivity index is 0.867. The quantitative estimate of drug-likeness (QED) is 0.0156. The summed E-state index contributed by atoms with van der Waals surface area (Å²) in [6.45, 7) is 24.8. The highest BCUT2D eigenvalue weighted by Crippen LogP contribution is 2.48. The largest absolute Gasteiger partial charge is 0.491 e. The summed E-state index contributed by atoms with van der Waals surface area (Å²) in [4.78, 5) is 56.9. The van der Waals surface area contributed by atoms with E-state index in [1.165, 1.54) is 19.9 Å². The van der Waals surface area contributed by atoms with Crippen molar-refractivity contribution in [1.29, 1.82) is 0 Å². The SMILES string of the molecule is CCCOCCOCCOCCOCCOCCOCCOCCOc1cc(/C=C/C(=O)N2C[C@@H](CCl)c3c2ccc2c(O[C@@H]4O[C@H](COC(C)=O)[C@H](C)[C@H](C)[C@H]4OC(C)=O)cccc32)ccc1/C=C/C(=O)N1C[C@@H](CCl)c2c1cc(O[C@@H]1O[C@H](CC)[C@H](C)[C@H](C)[C@H]1C)c1ccccc21. The van der Waals surface area contributed by atoms with Gasteiger partial charge in [-0.1, -0.05) is 97.0 Å². The standard InChI is InChI=1S/C77H100Cl2N2O18/c1-10-27-86-28-29-87-30-31-88-32-33-89-34-35-90-36-37-91-38-39-92-40-41-93-68-42-56(19-21-57(68)22-26-72(85)81-47-59(45-79)74-62-16-13-12-15-60(62)69(43-65(74)81)98-76-53(7)49(3)50(4)66(11-2)96-76)20-25-71(84)80-46-58(44-78)73-63-17-14-18-67(61(63)23-24-64(73)80)97-77-75(95-55(9)83)52(6)51(5)70(99-77)48-94-54(8)82/h12-26,42-43,49-53,58-59,66,70,75-77H,10-11,27-41,44-48H2,1-9H3/b25-20+,26-22+/t49-,50+,51+,52-,53+,58+,59+,66+,70+,75+,76-,77+/m0/s1. The van der Waals surface area contributed by atoms with Gasteiger partial charge in [0.2, 0.25) is 12.6 Å². The van der Waals surface area contributed by atoms with Crippen LogP contribution in [0.1, 0.15) is 109 Å². The number of halogens is 2. The number of hydrogen-bond acceptors (Lipinski definition) is 18. The van der Waals surface area contributed by atoms with Gasteiger partial charge in [-0.05, 0) is 94.5 Å². The molecule has 5 aromatic rings. The van der Waals surface area contributed by atoms with Crippen LogP contribution >= 0.6 is 23.2 Å². The number of anilines is 2. The molecule has 12 atom stereocenters. The lowest BCUT2D eigenvalue weighted by Gasteiger charge is -2.43. The van der Waals surface area contributed by atoms with Crippen LogP contribution in [0.5, 0.6) is 17.2 Å². The molecule has 2 amide bonds. The third-order valence-electron chi connectivity index (χ3n) is 19.2. The average molecular weight is 1410 g/mol. The van der Waals surface area contributed by atoms with Crippen molar-refractivity contribution < 1.29 is 85.5 Å². The van der Waals surface area contributed by atoms with E-state index in [1.54, 1.807) is 28.0 Å². The summed E-state index contributed by atoms with van der Waals surface area (Å²) in [7, 11) is 0. The molecule has 0 aliphatic carbocycles. The van der Waals surface area contributed by atoms with Crippen molar-refractivity contribution in [2.45, 2.75) is 118 Å². The number of nitrogens with zero attached hydrogens (tertiary/aromatic N) is 2. The Bertz CT molecular complexity index is 3510. The van der Waals surface area contributed by atoms with Crippen LogP contribution < -0.4 is 24.0 Å². The molecule has 0 spiro atoms. The fourth-order valence-electron chi connectivity index (χ4n) is 13.3. The lowest BCUT2D eigenvalue weighted by Crippen LogP contribution is -2.54. The van der Waals surface area contributed by atoms with Gasteiger partial charge in [0.05, 0.1) is 104 Å². The van der Waals surface area contributed by atoms with Crippen LogP contribution in [-0.2, 0) is 71.3 Å². The number of hydrogen-bond donors (Lipinski definition) is 0. The summed E-state index contributed by atoms with van der Waals surface area (Å²) < 4.78 is 83.5. The molecule has 99 heavy (non-hydrogen) atoms. The number of carbonyl (C=O) groups is 4. The molecule has 0 saturated carbocycles. The molecule has 9 rings (SSSR count). The fourth-order valence-corrected chi connectivity index (χ4v) is 13.8. The zero-order valence-corrected chi connectivity index (χ0v) is 60.3. The Morgan fingerprint density at radius 1 is 0.495 bits per heavy atom. The van der Waals surface area contributed by atoms with Crippen molar-refractivity contribution in [1.82, 2.24) is 0 Å². The number of amides is 2. The maximum absolute atomic E-state index is 14.7. The molecule has 22 heteroatoms. The molecule has 0 radical (unpaired) electrons. The van der Waals surface area contributed by atoms with Crippen LogP contribution in [-0.4, -0.2) is 185 Å². The zero-order valence-electron chi connectivity index (χ0n) is 58.8. The van der Waals surface area contributed by atoms with Gasteiger partial charge >= 0.3 is 11.9 Å². The summed E-state index contributed by atoms with van der Waals surface area (Å²) in [5.74, 6) is 0.914. The van der Waals surface area contributed by atoms with Crippen molar-refractivity contribution in [3.8, 4) is 17.2 Å². The molecule has 4 heterocycles. The number of benzene rings is 5. The summed E-state index contributed by atoms with van der Waals surface area (Å²) in [5, 5.41) is 3.50. The van der Waals surface area contributed by atoms with Crippen LogP contribution in [0.2, 0.25) is 0 Å². The van der Waals surface area contributed by atoms with Gasteiger partial charge in [-0.3, -0.25) is 19.2 Å². The minimum atomic E-state index is -1.02. The highest BCUT2D eigenvalue weighted by atomic mass is 35.5. The lowest BCUT2D eigenvalue weighted by molar-refractivity contribution is -0.253. The van der Waals surface area contributed by atoms with E-state index in [4.69, 9.17) is 89.5 Å². The van der Waals surface area contributed by atoms with Crippen LogP contribution in [0.3, 0.4) is 0 Å². The fraction of sp³-hybridized carbons (Fsp3) is 0.558. The van der Waals surface area contributed by atoms with Crippen molar-refractivity contribution in [3.05, 3.63) is 113 Å². The van der Waals surface area contributed by atoms with Crippen molar-refractivity contribution in [3.63, 3.8) is 0 Å². The molecule has 0 bridgehead atoms. The van der Waals surface area contributed by atoms with Crippen LogP contribution in [0.15, 0.2) is 91.0 Å². The van der Waals surface area contributed by atoms with E-state index in [0.717, 1.165) is 57.8 Å². The number of fused-ring (bicyclic) bond motifs is 6. The summed E-state index contributed by atoms with van der Waals surface area (Å²) in [5.41, 5.74) is 4.64. The van der Waals surface area contributed by atoms with Crippen LogP contribution in [0.4, 0.5) is 11.4 Å². The normalized spacial score (nSPS) is 23.7. The smallest absolute Gasteiger partial charge is 0.303 e. The van der Waals surface area contributed by atoms with Crippen molar-refractivity contribution in [2.75, 3.05) is 140 Å². The van der Waals surface area contributed by atoms with E-state index in [2.05, 4.69) is 46.8 Å². The molecular weight excluding hydrogens is 1310 g/mol. The van der Waals surface area contributed by atoms with Gasteiger partial charge in [0.15, 0.2) is 6.10 Å². The molecule has 20 nitrogen and oxygen atoms in total. The maximum atomic E-state index is 14.7. The monoisotopic (exact) mass is 1410 g/mol. The van der Waals surface area contributed by atoms with Crippen LogP contribution in [0.25, 0.3) is 33.7 Å².